The van der Waals surface area contributed by atoms with Gasteiger partial charge in [-0.2, -0.15) is 0 Å². The van der Waals surface area contributed by atoms with Crippen LogP contribution in [0.4, 0.5) is 5.95 Å². The largest absolute Gasteiger partial charge is 0.493 e. The first-order valence-corrected chi connectivity index (χ1v) is 6.14. The molecule has 3 rings (SSSR count). The van der Waals surface area contributed by atoms with Gasteiger partial charge in [0.25, 0.3) is 0 Å². The van der Waals surface area contributed by atoms with Crippen LogP contribution in [-0.4, -0.2) is 23.6 Å². The molecule has 1 aliphatic rings. The van der Waals surface area contributed by atoms with Crippen LogP contribution in [-0.2, 0) is 6.42 Å². The summed E-state index contributed by atoms with van der Waals surface area (Å²) in [5.74, 6) is 1.65. The molecule has 1 aromatic heterocycles. The van der Waals surface area contributed by atoms with Crippen molar-refractivity contribution in [2.24, 2.45) is 0 Å². The molecule has 4 heteroatoms. The third kappa shape index (κ3) is 2.01. The van der Waals surface area contributed by atoms with E-state index in [4.69, 9.17) is 4.74 Å². The quantitative estimate of drug-likeness (QED) is 0.877. The monoisotopic (exact) mass is 241 g/mol. The molecule has 18 heavy (non-hydrogen) atoms. The van der Waals surface area contributed by atoms with Crippen molar-refractivity contribution >= 4 is 5.95 Å². The van der Waals surface area contributed by atoms with Crippen LogP contribution in [0.15, 0.2) is 30.5 Å². The van der Waals surface area contributed by atoms with Crippen LogP contribution in [0.3, 0.4) is 0 Å². The minimum absolute atomic E-state index is 0.640. The highest BCUT2D eigenvalue weighted by Gasteiger charge is 2.11. The molecule has 4 nitrogen and oxygen atoms in total. The standard InChI is InChI=1S/C14H15N3O/c1-15-14-16-7-6-12(17-14)10-4-5-13-11(9-10)3-2-8-18-13/h4-7,9H,2-3,8H2,1H3,(H,15,16,17). The Labute approximate surface area is 106 Å². The van der Waals surface area contributed by atoms with Crippen molar-refractivity contribution in [1.29, 1.82) is 0 Å². The van der Waals surface area contributed by atoms with Crippen LogP contribution >= 0.6 is 0 Å². The smallest absolute Gasteiger partial charge is 0.222 e. The zero-order valence-corrected chi connectivity index (χ0v) is 10.3. The average molecular weight is 241 g/mol. The summed E-state index contributed by atoms with van der Waals surface area (Å²) in [6.45, 7) is 0.823. The predicted molar refractivity (Wildman–Crippen MR) is 70.8 cm³/mol. The maximum atomic E-state index is 5.61. The van der Waals surface area contributed by atoms with Gasteiger partial charge in [0.05, 0.1) is 12.3 Å². The molecular weight excluding hydrogens is 226 g/mol. The number of benzene rings is 1. The third-order valence-corrected chi connectivity index (χ3v) is 3.08. The van der Waals surface area contributed by atoms with E-state index in [0.717, 1.165) is 36.5 Å². The molecule has 0 bridgehead atoms. The van der Waals surface area contributed by atoms with E-state index in [1.165, 1.54) is 5.56 Å². The number of ether oxygens (including phenoxy) is 1. The molecule has 0 atom stereocenters. The van der Waals surface area contributed by atoms with Gasteiger partial charge < -0.3 is 10.1 Å². The number of nitrogens with zero attached hydrogens (tertiary/aromatic N) is 2. The van der Waals surface area contributed by atoms with E-state index >= 15 is 0 Å². The van der Waals surface area contributed by atoms with Crippen LogP contribution in [0.2, 0.25) is 0 Å². The Kier molecular flexibility index (Phi) is 2.84. The van der Waals surface area contributed by atoms with Crippen LogP contribution in [0.25, 0.3) is 11.3 Å². The molecule has 1 aliphatic heterocycles. The second-order valence-corrected chi connectivity index (χ2v) is 4.29. The van der Waals surface area contributed by atoms with Crippen molar-refractivity contribution in [3.05, 3.63) is 36.0 Å². The minimum atomic E-state index is 0.640. The molecule has 0 saturated heterocycles. The SMILES string of the molecule is CNc1nccc(-c2ccc3c(c2)CCCO3)n1. The zero-order valence-electron chi connectivity index (χ0n) is 10.3. The summed E-state index contributed by atoms with van der Waals surface area (Å²) in [4.78, 5) is 8.57. The van der Waals surface area contributed by atoms with Crippen LogP contribution < -0.4 is 10.1 Å². The average Bonchev–Trinajstić information content (AvgIpc) is 2.47. The van der Waals surface area contributed by atoms with Gasteiger partial charge in [-0.05, 0) is 42.7 Å². The summed E-state index contributed by atoms with van der Waals surface area (Å²) in [6.07, 6.45) is 3.93. The molecule has 2 heterocycles. The molecule has 92 valence electrons. The van der Waals surface area contributed by atoms with Crippen molar-refractivity contribution in [2.75, 3.05) is 19.0 Å². The molecule has 0 radical (unpaired) electrons. The van der Waals surface area contributed by atoms with E-state index in [1.54, 1.807) is 6.20 Å². The fraction of sp³-hybridized carbons (Fsp3) is 0.286. The summed E-state index contributed by atoms with van der Waals surface area (Å²) < 4.78 is 5.61. The van der Waals surface area contributed by atoms with Gasteiger partial charge in [-0.1, -0.05) is 0 Å². The van der Waals surface area contributed by atoms with E-state index in [1.807, 2.05) is 25.2 Å². The lowest BCUT2D eigenvalue weighted by atomic mass is 10.0. The summed E-state index contributed by atoms with van der Waals surface area (Å²) >= 11 is 0. The van der Waals surface area contributed by atoms with Crippen molar-refractivity contribution < 1.29 is 4.74 Å². The first kappa shape index (κ1) is 11.0. The first-order chi connectivity index (χ1) is 8.86. The van der Waals surface area contributed by atoms with Crippen molar-refractivity contribution in [1.82, 2.24) is 9.97 Å². The molecule has 0 unspecified atom stereocenters. The lowest BCUT2D eigenvalue weighted by Gasteiger charge is -2.17. The number of aromatic nitrogens is 2. The fourth-order valence-corrected chi connectivity index (χ4v) is 2.16. The molecule has 0 aliphatic carbocycles. The van der Waals surface area contributed by atoms with Gasteiger partial charge >= 0.3 is 0 Å². The second kappa shape index (κ2) is 4.64. The number of aryl methyl sites for hydroxylation is 1. The molecule has 0 spiro atoms. The molecule has 1 aromatic carbocycles. The predicted octanol–water partition coefficient (Wildman–Crippen LogP) is 2.51. The van der Waals surface area contributed by atoms with E-state index in [9.17, 15) is 0 Å². The highest BCUT2D eigenvalue weighted by Crippen LogP contribution is 2.29. The number of fused-ring (bicyclic) bond motifs is 1. The van der Waals surface area contributed by atoms with Crippen LogP contribution in [0.1, 0.15) is 12.0 Å². The third-order valence-electron chi connectivity index (χ3n) is 3.08. The number of hydrogen-bond donors (Lipinski definition) is 1. The number of rotatable bonds is 2. The number of nitrogens with one attached hydrogen (secondary N) is 1. The van der Waals surface area contributed by atoms with E-state index in [2.05, 4.69) is 21.4 Å². The highest BCUT2D eigenvalue weighted by molar-refractivity contribution is 5.63. The Hall–Kier alpha value is -2.10. The number of anilines is 1. The maximum absolute atomic E-state index is 5.61. The van der Waals surface area contributed by atoms with Gasteiger partial charge in [-0.25, -0.2) is 9.97 Å². The summed E-state index contributed by atoms with van der Waals surface area (Å²) in [6, 6.07) is 8.17. The van der Waals surface area contributed by atoms with Crippen LogP contribution in [0, 0.1) is 0 Å². The Morgan fingerprint density at radius 1 is 1.28 bits per heavy atom. The van der Waals surface area contributed by atoms with Crippen LogP contribution in [0.5, 0.6) is 5.75 Å². The highest BCUT2D eigenvalue weighted by atomic mass is 16.5. The van der Waals surface area contributed by atoms with Gasteiger partial charge in [0, 0.05) is 18.8 Å². The molecule has 2 aromatic rings. The summed E-state index contributed by atoms with van der Waals surface area (Å²) in [5, 5.41) is 2.95. The lowest BCUT2D eigenvalue weighted by Crippen LogP contribution is -2.08. The Morgan fingerprint density at radius 3 is 3.11 bits per heavy atom. The minimum Gasteiger partial charge on any atom is -0.493 e. The normalized spacial score (nSPS) is 13.6. The van der Waals surface area contributed by atoms with Gasteiger partial charge in [-0.3, -0.25) is 0 Å². The molecule has 1 N–H and O–H groups in total. The van der Waals surface area contributed by atoms with E-state index < -0.39 is 0 Å². The molecule has 0 fully saturated rings. The van der Waals surface area contributed by atoms with E-state index in [0.29, 0.717) is 5.95 Å². The molecule has 0 saturated carbocycles. The Balaban J connectivity index is 2.00. The fourth-order valence-electron chi connectivity index (χ4n) is 2.16. The lowest BCUT2D eigenvalue weighted by molar-refractivity contribution is 0.288. The first-order valence-electron chi connectivity index (χ1n) is 6.14. The second-order valence-electron chi connectivity index (χ2n) is 4.29. The van der Waals surface area contributed by atoms with Crippen molar-refractivity contribution in [2.45, 2.75) is 12.8 Å². The van der Waals surface area contributed by atoms with E-state index in [-0.39, 0.29) is 0 Å². The molecular formula is C14H15N3O. The summed E-state index contributed by atoms with van der Waals surface area (Å²) in [5.41, 5.74) is 3.31. The van der Waals surface area contributed by atoms with Gasteiger partial charge in [0.15, 0.2) is 0 Å². The van der Waals surface area contributed by atoms with Crippen molar-refractivity contribution in [3.8, 4) is 17.0 Å². The Morgan fingerprint density at radius 2 is 2.22 bits per heavy atom. The topological polar surface area (TPSA) is 47.0 Å². The van der Waals surface area contributed by atoms with Gasteiger partial charge in [0.2, 0.25) is 5.95 Å². The molecule has 0 amide bonds. The van der Waals surface area contributed by atoms with Crippen molar-refractivity contribution in [3.63, 3.8) is 0 Å². The summed E-state index contributed by atoms with van der Waals surface area (Å²) in [7, 11) is 1.82. The zero-order chi connectivity index (χ0) is 12.4. The van der Waals surface area contributed by atoms with Gasteiger partial charge in [0.1, 0.15) is 5.75 Å². The Bertz CT molecular complexity index is 569. The maximum Gasteiger partial charge on any atom is 0.222 e. The number of hydrogen-bond acceptors (Lipinski definition) is 4. The van der Waals surface area contributed by atoms with Gasteiger partial charge in [-0.15, -0.1) is 0 Å².